The average Bonchev–Trinajstić information content (AvgIpc) is 3.07. The molecule has 0 fully saturated rings. The molecule has 0 spiro atoms. The highest BCUT2D eigenvalue weighted by atomic mass is 16.5. The maximum atomic E-state index is 13.8. The van der Waals surface area contributed by atoms with Gasteiger partial charge in [-0.15, -0.1) is 0 Å². The maximum Gasteiger partial charge on any atom is 0.312 e. The van der Waals surface area contributed by atoms with Gasteiger partial charge in [0.15, 0.2) is 23.0 Å². The zero-order valence-corrected chi connectivity index (χ0v) is 25.7. The molecule has 46 heavy (non-hydrogen) atoms. The topological polar surface area (TPSA) is 123 Å². The first-order valence-electron chi connectivity index (χ1n) is 14.5. The molecule has 4 aromatic carbocycles. The summed E-state index contributed by atoms with van der Waals surface area (Å²) in [5.41, 5.74) is 2.68. The number of rotatable bonds is 10. The van der Waals surface area contributed by atoms with E-state index in [1.165, 1.54) is 26.5 Å². The van der Waals surface area contributed by atoms with Crippen molar-refractivity contribution in [2.45, 2.75) is 18.8 Å². The Labute approximate surface area is 264 Å². The number of ether oxygens (including phenoxy) is 6. The lowest BCUT2D eigenvalue weighted by atomic mass is 9.84. The Morgan fingerprint density at radius 3 is 2.24 bits per heavy atom. The molecule has 1 N–H and O–H groups in total. The molecule has 10 nitrogen and oxygen atoms in total. The average molecular weight is 625 g/mol. The lowest BCUT2D eigenvalue weighted by Gasteiger charge is -2.26. The summed E-state index contributed by atoms with van der Waals surface area (Å²) in [6.45, 7) is 0.415. The lowest BCUT2D eigenvalue weighted by Crippen LogP contribution is -2.22. The molecule has 0 bridgehead atoms. The molecule has 0 aliphatic carbocycles. The van der Waals surface area contributed by atoms with Crippen LogP contribution in [-0.4, -0.2) is 46.1 Å². The molecule has 10 heteroatoms. The molecule has 0 amide bonds. The molecule has 1 atom stereocenters. The fourth-order valence-corrected chi connectivity index (χ4v) is 5.71. The van der Waals surface area contributed by atoms with Crippen molar-refractivity contribution >= 4 is 16.9 Å². The summed E-state index contributed by atoms with van der Waals surface area (Å²) < 4.78 is 39.2. The van der Waals surface area contributed by atoms with E-state index in [9.17, 15) is 14.7 Å². The van der Waals surface area contributed by atoms with Gasteiger partial charge in [0.2, 0.25) is 5.43 Å². The molecular weight excluding hydrogens is 592 g/mol. The van der Waals surface area contributed by atoms with Crippen LogP contribution in [0.4, 0.5) is 0 Å². The molecule has 0 radical (unpaired) electrons. The Morgan fingerprint density at radius 2 is 1.52 bits per heavy atom. The van der Waals surface area contributed by atoms with Crippen molar-refractivity contribution < 1.29 is 42.7 Å². The summed E-state index contributed by atoms with van der Waals surface area (Å²) in [5, 5.41) is 10.9. The van der Waals surface area contributed by atoms with Gasteiger partial charge in [-0.3, -0.25) is 9.59 Å². The van der Waals surface area contributed by atoms with Crippen LogP contribution in [0.25, 0.3) is 22.1 Å². The van der Waals surface area contributed by atoms with E-state index in [0.717, 1.165) is 16.9 Å². The van der Waals surface area contributed by atoms with E-state index in [4.69, 9.17) is 32.8 Å². The van der Waals surface area contributed by atoms with Crippen molar-refractivity contribution in [1.82, 2.24) is 0 Å². The Morgan fingerprint density at radius 1 is 0.804 bits per heavy atom. The second-order valence-corrected chi connectivity index (χ2v) is 10.6. The van der Waals surface area contributed by atoms with E-state index in [-0.39, 0.29) is 34.5 Å². The van der Waals surface area contributed by atoms with E-state index >= 15 is 0 Å². The second kappa shape index (κ2) is 12.8. The predicted molar refractivity (Wildman–Crippen MR) is 170 cm³/mol. The minimum atomic E-state index is -0.559. The quantitative estimate of drug-likeness (QED) is 0.141. The van der Waals surface area contributed by atoms with Gasteiger partial charge >= 0.3 is 5.97 Å². The Balaban J connectivity index is 1.35. The lowest BCUT2D eigenvalue weighted by molar-refractivity contribution is -0.135. The molecule has 1 aromatic heterocycles. The first kappa shape index (κ1) is 30.4. The first-order chi connectivity index (χ1) is 22.3. The smallest absolute Gasteiger partial charge is 0.312 e. The number of methoxy groups -OCH3 is 4. The number of phenols is 1. The summed E-state index contributed by atoms with van der Waals surface area (Å²) in [7, 11) is 6.19. The number of hydrogen-bond acceptors (Lipinski definition) is 10. The molecule has 0 saturated carbocycles. The van der Waals surface area contributed by atoms with Crippen molar-refractivity contribution in [1.29, 1.82) is 0 Å². The Hall–Kier alpha value is -5.64. The Bertz CT molecular complexity index is 1980. The van der Waals surface area contributed by atoms with Gasteiger partial charge in [-0.05, 0) is 53.1 Å². The second-order valence-electron chi connectivity index (χ2n) is 10.6. The minimum Gasteiger partial charge on any atom is -0.507 e. The third-order valence-electron chi connectivity index (χ3n) is 8.06. The van der Waals surface area contributed by atoms with Crippen molar-refractivity contribution in [2.24, 2.45) is 0 Å². The van der Waals surface area contributed by atoms with Crippen molar-refractivity contribution in [3.05, 3.63) is 99.9 Å². The van der Waals surface area contributed by atoms with E-state index in [0.29, 0.717) is 47.2 Å². The van der Waals surface area contributed by atoms with Crippen LogP contribution >= 0.6 is 0 Å². The number of benzene rings is 4. The summed E-state index contributed by atoms with van der Waals surface area (Å²) in [6, 6.07) is 19.5. The number of carbonyl (C=O) groups is 1. The molecule has 1 aliphatic heterocycles. The largest absolute Gasteiger partial charge is 0.507 e. The van der Waals surface area contributed by atoms with E-state index in [1.807, 2.05) is 30.3 Å². The van der Waals surface area contributed by atoms with Gasteiger partial charge < -0.3 is 37.9 Å². The SMILES string of the molecule is COc1ccc(CCOc2ccc(C3CC(=O)Oc4cc(O)c5c(=O)c(-c6ccc(OC)c(OC)c6)coc5c43)cc2OC)cc1. The Kier molecular flexibility index (Phi) is 8.43. The van der Waals surface area contributed by atoms with E-state index in [1.54, 1.807) is 44.6 Å². The van der Waals surface area contributed by atoms with Crippen LogP contribution in [0.15, 0.2) is 82.2 Å². The van der Waals surface area contributed by atoms with E-state index < -0.39 is 17.3 Å². The third kappa shape index (κ3) is 5.65. The number of hydrogen-bond donors (Lipinski definition) is 1. The number of fused-ring (bicyclic) bond motifs is 3. The molecule has 1 aliphatic rings. The number of aromatic hydroxyl groups is 1. The van der Waals surface area contributed by atoms with Crippen LogP contribution in [0.5, 0.6) is 40.2 Å². The highest BCUT2D eigenvalue weighted by Gasteiger charge is 2.34. The van der Waals surface area contributed by atoms with Crippen LogP contribution in [0.2, 0.25) is 0 Å². The minimum absolute atomic E-state index is 0.0190. The fourth-order valence-electron chi connectivity index (χ4n) is 5.71. The number of phenolic OH excluding ortho intramolecular Hbond substituents is 1. The highest BCUT2D eigenvalue weighted by Crippen LogP contribution is 2.47. The van der Waals surface area contributed by atoms with Crippen LogP contribution in [-0.2, 0) is 11.2 Å². The van der Waals surface area contributed by atoms with Gasteiger partial charge in [0.25, 0.3) is 0 Å². The first-order valence-corrected chi connectivity index (χ1v) is 14.5. The normalized spacial score (nSPS) is 13.9. The summed E-state index contributed by atoms with van der Waals surface area (Å²) in [5.74, 6) is 1.45. The van der Waals surface area contributed by atoms with Crippen LogP contribution in [0.3, 0.4) is 0 Å². The number of carbonyl (C=O) groups excluding carboxylic acids is 1. The van der Waals surface area contributed by atoms with Gasteiger partial charge in [-0.1, -0.05) is 24.3 Å². The molecule has 236 valence electrons. The van der Waals surface area contributed by atoms with E-state index in [2.05, 4.69) is 0 Å². The van der Waals surface area contributed by atoms with Crippen molar-refractivity contribution in [3.63, 3.8) is 0 Å². The van der Waals surface area contributed by atoms with Gasteiger partial charge in [-0.2, -0.15) is 0 Å². The fraction of sp³-hybridized carbons (Fsp3) is 0.222. The summed E-state index contributed by atoms with van der Waals surface area (Å²) >= 11 is 0. The standard InChI is InChI=1S/C36H32O10/c1-40-23-9-5-20(6-10-23)13-14-44-28-12-8-21(15-30(28)43-4)24-17-32(38)46-31-18-26(37)34-35(39)25(19-45-36(34)33(24)31)22-7-11-27(41-2)29(16-22)42-3/h5-12,15-16,18-19,24,37H,13-14,17H2,1-4H3. The summed E-state index contributed by atoms with van der Waals surface area (Å²) in [6.07, 6.45) is 1.99. The van der Waals surface area contributed by atoms with Crippen LogP contribution in [0.1, 0.15) is 29.0 Å². The van der Waals surface area contributed by atoms with Gasteiger partial charge in [-0.25, -0.2) is 0 Å². The molecule has 5 aromatic rings. The predicted octanol–water partition coefficient (Wildman–Crippen LogP) is 6.26. The van der Waals surface area contributed by atoms with Crippen molar-refractivity contribution in [2.75, 3.05) is 35.0 Å². The molecule has 1 unspecified atom stereocenters. The third-order valence-corrected chi connectivity index (χ3v) is 8.06. The zero-order chi connectivity index (χ0) is 32.4. The van der Waals surface area contributed by atoms with Gasteiger partial charge in [0.1, 0.15) is 34.5 Å². The van der Waals surface area contributed by atoms with Crippen molar-refractivity contribution in [3.8, 4) is 51.4 Å². The summed E-state index contributed by atoms with van der Waals surface area (Å²) in [4.78, 5) is 26.6. The molecule has 0 saturated heterocycles. The monoisotopic (exact) mass is 624 g/mol. The molecule has 6 rings (SSSR count). The molecular formula is C36H32O10. The highest BCUT2D eigenvalue weighted by molar-refractivity contribution is 5.94. The number of esters is 1. The van der Waals surface area contributed by atoms with Crippen LogP contribution in [0, 0.1) is 0 Å². The van der Waals surface area contributed by atoms with Gasteiger partial charge in [0, 0.05) is 24.0 Å². The maximum absolute atomic E-state index is 13.8. The zero-order valence-electron chi connectivity index (χ0n) is 25.7. The molecule has 2 heterocycles. The van der Waals surface area contributed by atoms with Gasteiger partial charge in [0.05, 0.1) is 47.0 Å². The van der Waals surface area contributed by atoms with Crippen LogP contribution < -0.4 is 33.8 Å².